The number of aliphatic hydroxyl groups is 1. The van der Waals surface area contributed by atoms with E-state index in [1.54, 1.807) is 18.2 Å². The van der Waals surface area contributed by atoms with Crippen LogP contribution in [0.4, 0.5) is 8.78 Å². The van der Waals surface area contributed by atoms with Crippen molar-refractivity contribution in [1.29, 1.82) is 0 Å². The highest BCUT2D eigenvalue weighted by molar-refractivity contribution is 5.91. The number of amides is 1. The maximum Gasteiger partial charge on any atom is 0.220 e. The second-order valence-corrected chi connectivity index (χ2v) is 7.52. The number of hydrogen-bond acceptors (Lipinski definition) is 2. The molecule has 6 heteroatoms. The van der Waals surface area contributed by atoms with Gasteiger partial charge in [-0.1, -0.05) is 0 Å². The molecule has 0 bridgehead atoms. The third kappa shape index (κ3) is 3.52. The molecular weight excluding hydrogens is 362 g/mol. The summed E-state index contributed by atoms with van der Waals surface area (Å²) in [6, 6.07) is 10.6. The van der Waals surface area contributed by atoms with Crippen LogP contribution in [-0.2, 0) is 11.2 Å². The summed E-state index contributed by atoms with van der Waals surface area (Å²) in [5.41, 5.74) is 2.64. The third-order valence-electron chi connectivity index (χ3n) is 5.62. The van der Waals surface area contributed by atoms with E-state index >= 15 is 0 Å². The molecule has 1 heterocycles. The molecular formula is C22H22F2N2O2. The first-order valence-electron chi connectivity index (χ1n) is 9.48. The lowest BCUT2D eigenvalue weighted by Crippen LogP contribution is -2.56. The summed E-state index contributed by atoms with van der Waals surface area (Å²) < 4.78 is 27.1. The van der Waals surface area contributed by atoms with E-state index in [9.17, 15) is 18.7 Å². The molecule has 1 aromatic heterocycles. The van der Waals surface area contributed by atoms with Crippen LogP contribution < -0.4 is 5.32 Å². The molecule has 1 amide bonds. The average molecular weight is 384 g/mol. The Morgan fingerprint density at radius 2 is 1.82 bits per heavy atom. The Hall–Kier alpha value is -2.73. The number of halogens is 2. The van der Waals surface area contributed by atoms with Crippen LogP contribution in [0.2, 0.25) is 0 Å². The fourth-order valence-electron chi connectivity index (χ4n) is 3.87. The third-order valence-corrected chi connectivity index (χ3v) is 5.62. The number of aromatic nitrogens is 1. The Morgan fingerprint density at radius 3 is 2.46 bits per heavy atom. The minimum Gasteiger partial charge on any atom is -0.394 e. The summed E-state index contributed by atoms with van der Waals surface area (Å²) in [5, 5.41) is 13.2. The summed E-state index contributed by atoms with van der Waals surface area (Å²) in [5.74, 6) is -0.817. The van der Waals surface area contributed by atoms with Crippen LogP contribution in [0.3, 0.4) is 0 Å². The van der Waals surface area contributed by atoms with E-state index in [0.29, 0.717) is 11.8 Å². The van der Waals surface area contributed by atoms with Crippen molar-refractivity contribution in [2.45, 2.75) is 37.6 Å². The lowest BCUT2D eigenvalue weighted by Gasteiger charge is -2.41. The largest absolute Gasteiger partial charge is 0.394 e. The van der Waals surface area contributed by atoms with Crippen molar-refractivity contribution in [2.24, 2.45) is 0 Å². The highest BCUT2D eigenvalue weighted by Crippen LogP contribution is 2.33. The van der Waals surface area contributed by atoms with Crippen molar-refractivity contribution in [3.63, 3.8) is 0 Å². The summed E-state index contributed by atoms with van der Waals surface area (Å²) in [7, 11) is 0. The van der Waals surface area contributed by atoms with Gasteiger partial charge in [-0.25, -0.2) is 8.78 Å². The molecule has 0 atom stereocenters. The highest BCUT2D eigenvalue weighted by Gasteiger charge is 2.37. The number of carbonyl (C=O) groups is 1. The van der Waals surface area contributed by atoms with E-state index in [0.717, 1.165) is 41.6 Å². The number of nitrogens with one attached hydrogen (secondary N) is 2. The molecule has 0 spiro atoms. The van der Waals surface area contributed by atoms with Gasteiger partial charge in [0, 0.05) is 23.0 Å². The summed E-state index contributed by atoms with van der Waals surface area (Å²) in [4.78, 5) is 15.7. The summed E-state index contributed by atoms with van der Waals surface area (Å²) in [6.45, 7) is -0.0577. The Morgan fingerprint density at radius 1 is 1.11 bits per heavy atom. The standard InChI is InChI=1S/C22H22F2N2O2/c23-15-4-2-14(3-5-15)21-17(18-12-16(24)6-8-19(18)25-21)7-9-20(28)26-22(13-27)10-1-11-22/h2-6,8,12,25,27H,1,7,9-11,13H2,(H,26,28). The SMILES string of the molecule is O=C(CCc1c(-c2ccc(F)cc2)[nH]c2ccc(F)cc12)NC1(CO)CCC1. The quantitative estimate of drug-likeness (QED) is 0.600. The van der Waals surface area contributed by atoms with Gasteiger partial charge in [-0.15, -0.1) is 0 Å². The first-order valence-corrected chi connectivity index (χ1v) is 9.48. The lowest BCUT2D eigenvalue weighted by molar-refractivity contribution is -0.125. The molecule has 1 aliphatic rings. The van der Waals surface area contributed by atoms with Crippen molar-refractivity contribution < 1.29 is 18.7 Å². The van der Waals surface area contributed by atoms with Crippen molar-refractivity contribution in [1.82, 2.24) is 10.3 Å². The van der Waals surface area contributed by atoms with Crippen LogP contribution in [0, 0.1) is 11.6 Å². The molecule has 0 radical (unpaired) electrons. The Labute approximate surface area is 161 Å². The molecule has 1 saturated carbocycles. The average Bonchev–Trinajstić information content (AvgIpc) is 3.01. The normalized spacial score (nSPS) is 15.4. The first-order chi connectivity index (χ1) is 13.5. The van der Waals surface area contributed by atoms with E-state index < -0.39 is 5.54 Å². The number of fused-ring (bicyclic) bond motifs is 1. The van der Waals surface area contributed by atoms with E-state index in [1.165, 1.54) is 24.3 Å². The number of hydrogen-bond donors (Lipinski definition) is 3. The Bertz CT molecular complexity index is 1000. The van der Waals surface area contributed by atoms with Crippen LogP contribution in [0.1, 0.15) is 31.2 Å². The number of rotatable bonds is 6. The van der Waals surface area contributed by atoms with E-state index in [2.05, 4.69) is 10.3 Å². The number of aryl methyl sites for hydroxylation is 1. The monoisotopic (exact) mass is 384 g/mol. The molecule has 0 saturated heterocycles. The molecule has 0 unspecified atom stereocenters. The summed E-state index contributed by atoms with van der Waals surface area (Å²) in [6.07, 6.45) is 3.20. The van der Waals surface area contributed by atoms with Crippen molar-refractivity contribution in [3.05, 3.63) is 59.7 Å². The Balaban J connectivity index is 1.62. The van der Waals surface area contributed by atoms with Crippen molar-refractivity contribution >= 4 is 16.8 Å². The zero-order valence-electron chi connectivity index (χ0n) is 15.4. The highest BCUT2D eigenvalue weighted by atomic mass is 19.1. The molecule has 28 heavy (non-hydrogen) atoms. The van der Waals surface area contributed by atoms with Crippen LogP contribution in [0.15, 0.2) is 42.5 Å². The van der Waals surface area contributed by atoms with E-state index in [-0.39, 0.29) is 30.6 Å². The van der Waals surface area contributed by atoms with Gasteiger partial charge >= 0.3 is 0 Å². The maximum absolute atomic E-state index is 13.8. The zero-order chi connectivity index (χ0) is 19.7. The van der Waals surface area contributed by atoms with Crippen molar-refractivity contribution in [2.75, 3.05) is 6.61 Å². The second kappa shape index (κ2) is 7.36. The first kappa shape index (κ1) is 18.6. The van der Waals surface area contributed by atoms with E-state index in [1.807, 2.05) is 0 Å². The number of aliphatic hydroxyl groups excluding tert-OH is 1. The zero-order valence-corrected chi connectivity index (χ0v) is 15.4. The molecule has 0 aliphatic heterocycles. The van der Waals surface area contributed by atoms with Gasteiger partial charge in [0.2, 0.25) is 5.91 Å². The van der Waals surface area contributed by atoms with E-state index in [4.69, 9.17) is 0 Å². The number of aromatic amines is 1. The molecule has 3 aromatic rings. The van der Waals surface area contributed by atoms with Gasteiger partial charge in [-0.05, 0) is 79.3 Å². The molecule has 1 fully saturated rings. The fraction of sp³-hybridized carbons (Fsp3) is 0.318. The van der Waals surface area contributed by atoms with Gasteiger partial charge in [-0.2, -0.15) is 0 Å². The number of benzene rings is 2. The minimum absolute atomic E-state index is 0.0577. The Kier molecular flexibility index (Phi) is 4.89. The topological polar surface area (TPSA) is 65.1 Å². The molecule has 1 aliphatic carbocycles. The van der Waals surface area contributed by atoms with Crippen LogP contribution in [0.5, 0.6) is 0 Å². The van der Waals surface area contributed by atoms with Gasteiger partial charge in [0.05, 0.1) is 12.1 Å². The summed E-state index contributed by atoms with van der Waals surface area (Å²) >= 11 is 0. The molecule has 4 rings (SSSR count). The molecule has 146 valence electrons. The minimum atomic E-state index is -0.483. The van der Waals surface area contributed by atoms with Gasteiger partial charge in [0.25, 0.3) is 0 Å². The fourth-order valence-corrected chi connectivity index (χ4v) is 3.87. The van der Waals surface area contributed by atoms with Gasteiger partial charge in [0.1, 0.15) is 11.6 Å². The smallest absolute Gasteiger partial charge is 0.220 e. The van der Waals surface area contributed by atoms with Crippen molar-refractivity contribution in [3.8, 4) is 11.3 Å². The predicted molar refractivity (Wildman–Crippen MR) is 104 cm³/mol. The number of H-pyrrole nitrogens is 1. The van der Waals surface area contributed by atoms with Crippen LogP contribution in [0.25, 0.3) is 22.2 Å². The predicted octanol–water partition coefficient (Wildman–Crippen LogP) is 4.08. The van der Waals surface area contributed by atoms with Crippen LogP contribution in [-0.4, -0.2) is 28.1 Å². The number of carbonyl (C=O) groups excluding carboxylic acids is 1. The molecule has 3 N–H and O–H groups in total. The van der Waals surface area contributed by atoms with Crippen LogP contribution >= 0.6 is 0 Å². The lowest BCUT2D eigenvalue weighted by atomic mass is 9.77. The van der Waals surface area contributed by atoms with Gasteiger partial charge in [-0.3, -0.25) is 4.79 Å². The second-order valence-electron chi connectivity index (χ2n) is 7.52. The van der Waals surface area contributed by atoms with Gasteiger partial charge in [0.15, 0.2) is 0 Å². The molecule has 4 nitrogen and oxygen atoms in total. The molecule has 2 aromatic carbocycles. The maximum atomic E-state index is 13.8. The van der Waals surface area contributed by atoms with Gasteiger partial charge < -0.3 is 15.4 Å².